The number of nitrogens with one attached hydrogen (secondary N) is 1. The van der Waals surface area contributed by atoms with E-state index in [2.05, 4.69) is 5.32 Å². The van der Waals surface area contributed by atoms with Crippen LogP contribution >= 0.6 is 11.3 Å². The lowest BCUT2D eigenvalue weighted by atomic mass is 10.0. The van der Waals surface area contributed by atoms with Crippen LogP contribution in [-0.4, -0.2) is 26.2 Å². The van der Waals surface area contributed by atoms with Gasteiger partial charge >= 0.3 is 0 Å². The molecule has 1 heterocycles. The molecule has 1 aromatic rings. The molecule has 21 heavy (non-hydrogen) atoms. The van der Waals surface area contributed by atoms with Crippen molar-refractivity contribution in [2.75, 3.05) is 31.3 Å². The third kappa shape index (κ3) is 3.01. The topological polar surface area (TPSA) is 90.4 Å². The van der Waals surface area contributed by atoms with Gasteiger partial charge in [0, 0.05) is 25.8 Å². The summed E-state index contributed by atoms with van der Waals surface area (Å²) in [7, 11) is 1.74. The Kier molecular flexibility index (Phi) is 3.84. The number of thiophene rings is 1. The Bertz CT molecular complexity index is 547. The van der Waals surface area contributed by atoms with Gasteiger partial charge in [-0.15, -0.1) is 11.3 Å². The molecule has 0 aromatic carbocycles. The van der Waals surface area contributed by atoms with Crippen molar-refractivity contribution in [3.63, 3.8) is 0 Å². The van der Waals surface area contributed by atoms with Crippen LogP contribution in [-0.2, 0) is 4.74 Å². The molecular weight excluding hydrogens is 286 g/mol. The van der Waals surface area contributed by atoms with E-state index in [1.165, 1.54) is 24.2 Å². The third-order valence-corrected chi connectivity index (χ3v) is 5.80. The highest BCUT2D eigenvalue weighted by Gasteiger charge is 2.42. The summed E-state index contributed by atoms with van der Waals surface area (Å²) >= 11 is 1.41. The highest BCUT2D eigenvalue weighted by Crippen LogP contribution is 2.53. The van der Waals surface area contributed by atoms with E-state index in [1.807, 2.05) is 0 Å². The molecule has 0 unspecified atom stereocenters. The molecule has 1 amide bonds. The number of anilines is 2. The van der Waals surface area contributed by atoms with Crippen molar-refractivity contribution < 1.29 is 9.53 Å². The third-order valence-electron chi connectivity index (χ3n) is 4.61. The maximum absolute atomic E-state index is 11.5. The minimum atomic E-state index is -0.423. The molecule has 2 saturated carbocycles. The van der Waals surface area contributed by atoms with E-state index < -0.39 is 5.91 Å². The predicted molar refractivity (Wildman–Crippen MR) is 85.9 cm³/mol. The van der Waals surface area contributed by atoms with Crippen LogP contribution in [0, 0.1) is 5.41 Å². The number of nitrogen functional groups attached to an aromatic ring is 1. The van der Waals surface area contributed by atoms with Gasteiger partial charge in [0.1, 0.15) is 4.88 Å². The minimum absolute atomic E-state index is 0.364. The fourth-order valence-corrected chi connectivity index (χ4v) is 3.88. The SMILES string of the molecule is COCCC1(CNc2sc(C(N)=O)c(N)c2C2CC2)CC1. The standard InChI is InChI=1S/C15H23N3O2S/c1-20-7-6-15(4-5-15)8-18-14-10(9-2-3-9)11(16)12(21-14)13(17)19/h9,18H,2-8,16H2,1H3,(H2,17,19). The van der Waals surface area contributed by atoms with Gasteiger partial charge in [0.2, 0.25) is 0 Å². The van der Waals surface area contributed by atoms with Crippen LogP contribution in [0.25, 0.3) is 0 Å². The van der Waals surface area contributed by atoms with Crippen molar-refractivity contribution in [2.45, 2.75) is 38.0 Å². The average molecular weight is 309 g/mol. The second-order valence-corrected chi connectivity index (χ2v) is 7.34. The van der Waals surface area contributed by atoms with Gasteiger partial charge in [-0.05, 0) is 43.4 Å². The molecule has 0 bridgehead atoms. The van der Waals surface area contributed by atoms with Crippen molar-refractivity contribution >= 4 is 27.9 Å². The van der Waals surface area contributed by atoms with Gasteiger partial charge in [-0.2, -0.15) is 0 Å². The summed E-state index contributed by atoms with van der Waals surface area (Å²) in [5, 5.41) is 4.59. The molecule has 116 valence electrons. The van der Waals surface area contributed by atoms with E-state index in [1.54, 1.807) is 7.11 Å². The van der Waals surface area contributed by atoms with E-state index >= 15 is 0 Å². The first-order valence-electron chi connectivity index (χ1n) is 7.51. The van der Waals surface area contributed by atoms with E-state index in [-0.39, 0.29) is 0 Å². The number of hydrogen-bond donors (Lipinski definition) is 3. The number of ether oxygens (including phenoxy) is 1. The number of rotatable bonds is 8. The molecule has 0 saturated heterocycles. The van der Waals surface area contributed by atoms with Crippen LogP contribution in [0.2, 0.25) is 0 Å². The molecule has 5 nitrogen and oxygen atoms in total. The summed E-state index contributed by atoms with van der Waals surface area (Å²) in [5.41, 5.74) is 13.6. The second-order valence-electron chi connectivity index (χ2n) is 6.32. The van der Waals surface area contributed by atoms with E-state index in [0.29, 0.717) is 21.9 Å². The number of nitrogens with two attached hydrogens (primary N) is 2. The van der Waals surface area contributed by atoms with Gasteiger partial charge in [-0.3, -0.25) is 4.79 Å². The quantitative estimate of drug-likeness (QED) is 0.688. The summed E-state index contributed by atoms with van der Waals surface area (Å²) in [6.45, 7) is 1.73. The number of carbonyl (C=O) groups is 1. The summed E-state index contributed by atoms with van der Waals surface area (Å²) in [4.78, 5) is 12.0. The Balaban J connectivity index is 1.73. The lowest BCUT2D eigenvalue weighted by Crippen LogP contribution is -2.17. The highest BCUT2D eigenvalue weighted by molar-refractivity contribution is 7.18. The van der Waals surface area contributed by atoms with Gasteiger partial charge in [-0.25, -0.2) is 0 Å². The number of amides is 1. The van der Waals surface area contributed by atoms with Crippen molar-refractivity contribution in [3.05, 3.63) is 10.4 Å². The first kappa shape index (κ1) is 14.7. The van der Waals surface area contributed by atoms with Crippen molar-refractivity contribution in [1.82, 2.24) is 0 Å². The lowest BCUT2D eigenvalue weighted by molar-refractivity contribution is 0.100. The molecule has 2 aliphatic rings. The molecule has 2 fully saturated rings. The summed E-state index contributed by atoms with van der Waals surface area (Å²) in [5.74, 6) is 0.0824. The molecule has 0 aliphatic heterocycles. The Morgan fingerprint density at radius 3 is 2.71 bits per heavy atom. The fourth-order valence-electron chi connectivity index (χ4n) is 2.83. The molecular formula is C15H23N3O2S. The smallest absolute Gasteiger partial charge is 0.260 e. The molecule has 0 spiro atoms. The van der Waals surface area contributed by atoms with Gasteiger partial charge in [0.25, 0.3) is 5.91 Å². The first-order chi connectivity index (χ1) is 10.1. The van der Waals surface area contributed by atoms with Crippen LogP contribution in [0.1, 0.15) is 53.3 Å². The molecule has 6 heteroatoms. The Hall–Kier alpha value is -1.27. The van der Waals surface area contributed by atoms with Gasteiger partial charge < -0.3 is 21.5 Å². The highest BCUT2D eigenvalue weighted by atomic mass is 32.1. The van der Waals surface area contributed by atoms with Crippen molar-refractivity contribution in [3.8, 4) is 0 Å². The molecule has 0 radical (unpaired) electrons. The molecule has 3 rings (SSSR count). The zero-order valence-electron chi connectivity index (χ0n) is 12.4. The second kappa shape index (κ2) is 5.50. The maximum atomic E-state index is 11.5. The monoisotopic (exact) mass is 309 g/mol. The number of primary amides is 1. The largest absolute Gasteiger partial charge is 0.397 e. The number of carbonyl (C=O) groups excluding carboxylic acids is 1. The minimum Gasteiger partial charge on any atom is -0.397 e. The van der Waals surface area contributed by atoms with Crippen LogP contribution in [0.3, 0.4) is 0 Å². The fraction of sp³-hybridized carbons (Fsp3) is 0.667. The van der Waals surface area contributed by atoms with Crippen LogP contribution < -0.4 is 16.8 Å². The van der Waals surface area contributed by atoms with Gasteiger partial charge in [0.05, 0.1) is 10.7 Å². The number of methoxy groups -OCH3 is 1. The summed E-state index contributed by atoms with van der Waals surface area (Å²) < 4.78 is 5.19. The van der Waals surface area contributed by atoms with E-state index in [0.717, 1.165) is 43.0 Å². The predicted octanol–water partition coefficient (Wildman–Crippen LogP) is 2.54. The average Bonchev–Trinajstić information content (AvgIpc) is 3.36. The van der Waals surface area contributed by atoms with Gasteiger partial charge in [0.15, 0.2) is 0 Å². The molecule has 0 atom stereocenters. The Morgan fingerprint density at radius 1 is 1.48 bits per heavy atom. The van der Waals surface area contributed by atoms with Gasteiger partial charge in [-0.1, -0.05) is 0 Å². The molecule has 1 aromatic heterocycles. The Morgan fingerprint density at radius 2 is 2.19 bits per heavy atom. The Labute approximate surface area is 129 Å². The van der Waals surface area contributed by atoms with Crippen molar-refractivity contribution in [2.24, 2.45) is 11.1 Å². The maximum Gasteiger partial charge on any atom is 0.260 e. The normalized spacial score (nSPS) is 19.5. The summed E-state index contributed by atoms with van der Waals surface area (Å²) in [6, 6.07) is 0. The zero-order chi connectivity index (χ0) is 15.0. The van der Waals surface area contributed by atoms with Crippen LogP contribution in [0.15, 0.2) is 0 Å². The van der Waals surface area contributed by atoms with E-state index in [4.69, 9.17) is 16.2 Å². The molecule has 5 N–H and O–H groups in total. The zero-order valence-corrected chi connectivity index (χ0v) is 13.2. The van der Waals surface area contributed by atoms with Crippen molar-refractivity contribution in [1.29, 1.82) is 0 Å². The number of hydrogen-bond acceptors (Lipinski definition) is 5. The van der Waals surface area contributed by atoms with E-state index in [9.17, 15) is 4.79 Å². The lowest BCUT2D eigenvalue weighted by Gasteiger charge is -2.16. The first-order valence-corrected chi connectivity index (χ1v) is 8.33. The van der Waals surface area contributed by atoms with Crippen LogP contribution in [0.4, 0.5) is 10.7 Å². The summed E-state index contributed by atoms with van der Waals surface area (Å²) in [6.07, 6.45) is 5.88. The molecule has 2 aliphatic carbocycles. The van der Waals surface area contributed by atoms with Crippen LogP contribution in [0.5, 0.6) is 0 Å².